The van der Waals surface area contributed by atoms with Crippen LogP contribution in [-0.4, -0.2) is 91.5 Å². The Morgan fingerprint density at radius 1 is 0.979 bits per heavy atom. The average molecular weight is 689 g/mol. The lowest BCUT2D eigenvalue weighted by Gasteiger charge is -2.33. The van der Waals surface area contributed by atoms with Gasteiger partial charge >= 0.3 is 0 Å². The van der Waals surface area contributed by atoms with Crippen molar-refractivity contribution in [2.45, 2.75) is 96.2 Å². The van der Waals surface area contributed by atoms with Crippen molar-refractivity contribution in [3.05, 3.63) is 52.5 Å². The first-order chi connectivity index (χ1) is 22.5. The second kappa shape index (κ2) is 18.4. The van der Waals surface area contributed by atoms with Crippen LogP contribution in [0.15, 0.2) is 41.2 Å². The summed E-state index contributed by atoms with van der Waals surface area (Å²) in [6.07, 6.45) is 8.90. The molecule has 47 heavy (non-hydrogen) atoms. The van der Waals surface area contributed by atoms with Gasteiger partial charge in [0.05, 0.1) is 22.9 Å². The van der Waals surface area contributed by atoms with Crippen LogP contribution in [0.3, 0.4) is 0 Å². The monoisotopic (exact) mass is 688 g/mol. The van der Waals surface area contributed by atoms with Gasteiger partial charge in [0.1, 0.15) is 6.04 Å². The zero-order valence-corrected chi connectivity index (χ0v) is 30.1. The Morgan fingerprint density at radius 3 is 2.32 bits per heavy atom. The SMILES string of the molecule is CC(C)CC(N)CC(CC1CCCCC1)NC(=O)[C@H](Cc1cscn1)NC(=O)C(Cc1ccccc1)CS(=O)(=O)N1CCN(C)CC1. The fourth-order valence-corrected chi connectivity index (χ4v) is 9.29. The summed E-state index contributed by atoms with van der Waals surface area (Å²) in [7, 11) is -1.74. The van der Waals surface area contributed by atoms with Crippen molar-refractivity contribution in [1.29, 1.82) is 0 Å². The molecule has 1 aromatic heterocycles. The highest BCUT2D eigenvalue weighted by Crippen LogP contribution is 2.29. The number of nitrogens with zero attached hydrogens (tertiary/aromatic N) is 3. The molecule has 262 valence electrons. The number of thiazole rings is 1. The van der Waals surface area contributed by atoms with E-state index in [9.17, 15) is 18.0 Å². The third-order valence-electron chi connectivity index (χ3n) is 9.54. The molecule has 2 amide bonds. The van der Waals surface area contributed by atoms with Crippen molar-refractivity contribution in [3.8, 4) is 0 Å². The predicted molar refractivity (Wildman–Crippen MR) is 189 cm³/mol. The van der Waals surface area contributed by atoms with Gasteiger partial charge in [-0.25, -0.2) is 13.4 Å². The van der Waals surface area contributed by atoms with Gasteiger partial charge in [0.2, 0.25) is 21.8 Å². The molecule has 4 atom stereocenters. The number of nitrogens with one attached hydrogen (secondary N) is 2. The molecule has 0 bridgehead atoms. The van der Waals surface area contributed by atoms with Gasteiger partial charge in [-0.15, -0.1) is 11.3 Å². The lowest BCUT2D eigenvalue weighted by atomic mass is 9.83. The second-order valence-corrected chi connectivity index (χ2v) is 16.9. The van der Waals surface area contributed by atoms with Crippen LogP contribution in [0, 0.1) is 17.8 Å². The van der Waals surface area contributed by atoms with Crippen LogP contribution in [0.1, 0.15) is 76.5 Å². The molecule has 2 fully saturated rings. The molecular weight excluding hydrogens is 633 g/mol. The highest BCUT2D eigenvalue weighted by atomic mass is 32.2. The van der Waals surface area contributed by atoms with Crippen molar-refractivity contribution in [2.24, 2.45) is 23.5 Å². The quantitative estimate of drug-likeness (QED) is 0.230. The molecular formula is C35H56N6O4S2. The van der Waals surface area contributed by atoms with Crippen LogP contribution < -0.4 is 16.4 Å². The summed E-state index contributed by atoms with van der Waals surface area (Å²) in [5.74, 6) is -0.910. The maximum atomic E-state index is 14.1. The van der Waals surface area contributed by atoms with Crippen LogP contribution in [0.2, 0.25) is 0 Å². The largest absolute Gasteiger partial charge is 0.352 e. The summed E-state index contributed by atoms with van der Waals surface area (Å²) < 4.78 is 28.7. The molecule has 4 rings (SSSR count). The highest BCUT2D eigenvalue weighted by Gasteiger charge is 2.34. The maximum Gasteiger partial charge on any atom is 0.243 e. The molecule has 2 aliphatic rings. The first-order valence-electron chi connectivity index (χ1n) is 17.4. The fourth-order valence-electron chi connectivity index (χ4n) is 7.01. The van der Waals surface area contributed by atoms with Crippen LogP contribution in [0.25, 0.3) is 0 Å². The van der Waals surface area contributed by atoms with E-state index in [1.807, 2.05) is 42.8 Å². The Kier molecular flexibility index (Phi) is 14.7. The van der Waals surface area contributed by atoms with E-state index in [1.165, 1.54) is 34.9 Å². The number of carbonyl (C=O) groups excluding carboxylic acids is 2. The van der Waals surface area contributed by atoms with Gasteiger partial charge in [-0.3, -0.25) is 9.59 Å². The minimum atomic E-state index is -3.72. The number of hydrogen-bond donors (Lipinski definition) is 3. The zero-order chi connectivity index (χ0) is 33.8. The van der Waals surface area contributed by atoms with Crippen molar-refractivity contribution in [2.75, 3.05) is 39.0 Å². The van der Waals surface area contributed by atoms with E-state index in [0.717, 1.165) is 31.2 Å². The number of likely N-dealkylation sites (N-methyl/N-ethyl adjacent to an activating group) is 1. The minimum Gasteiger partial charge on any atom is -0.352 e. The molecule has 0 radical (unpaired) electrons. The molecule has 1 aliphatic heterocycles. The molecule has 3 unspecified atom stereocenters. The third kappa shape index (κ3) is 12.5. The number of rotatable bonds is 17. The number of aromatic nitrogens is 1. The number of sulfonamides is 1. The minimum absolute atomic E-state index is 0.0366. The molecule has 12 heteroatoms. The number of benzene rings is 1. The number of hydrogen-bond acceptors (Lipinski definition) is 8. The fraction of sp³-hybridized carbons (Fsp3) is 0.686. The van der Waals surface area contributed by atoms with Gasteiger partial charge < -0.3 is 21.3 Å². The Morgan fingerprint density at radius 2 is 1.68 bits per heavy atom. The highest BCUT2D eigenvalue weighted by molar-refractivity contribution is 7.89. The van der Waals surface area contributed by atoms with Crippen molar-refractivity contribution in [3.63, 3.8) is 0 Å². The molecule has 0 spiro atoms. The van der Waals surface area contributed by atoms with Crippen LogP contribution >= 0.6 is 11.3 Å². The number of nitrogens with two attached hydrogens (primary N) is 1. The van der Waals surface area contributed by atoms with Crippen LogP contribution in [0.4, 0.5) is 0 Å². The van der Waals surface area contributed by atoms with E-state index < -0.39 is 27.9 Å². The van der Waals surface area contributed by atoms with E-state index in [1.54, 1.807) is 5.51 Å². The molecule has 1 aromatic carbocycles. The van der Waals surface area contributed by atoms with E-state index in [-0.39, 0.29) is 36.6 Å². The molecule has 1 aliphatic carbocycles. The van der Waals surface area contributed by atoms with Gasteiger partial charge in [-0.05, 0) is 50.1 Å². The molecule has 2 aromatic rings. The maximum absolute atomic E-state index is 14.1. The topological polar surface area (TPSA) is 138 Å². The molecule has 1 saturated heterocycles. The van der Waals surface area contributed by atoms with Crippen LogP contribution in [-0.2, 0) is 32.5 Å². The Hall–Kier alpha value is -2.38. The standard InChI is InChI=1S/C35H56N6O4S2/c1-26(2)18-30(36)21-31(20-28-12-8-5-9-13-28)38-35(43)33(22-32-23-46-25-37-32)39-34(42)29(19-27-10-6-4-7-11-27)24-47(44,45)41-16-14-40(3)15-17-41/h4,6-7,10-11,23,25-26,28-31,33H,5,8-9,12-22,24,36H2,1-3H3,(H,38,43)(H,39,42)/t29?,30?,31?,33-/m0/s1. The average Bonchev–Trinajstić information content (AvgIpc) is 3.54. The predicted octanol–water partition coefficient (Wildman–Crippen LogP) is 3.83. The molecule has 4 N–H and O–H groups in total. The van der Waals surface area contributed by atoms with E-state index >= 15 is 0 Å². The van der Waals surface area contributed by atoms with Gasteiger partial charge in [0.25, 0.3) is 0 Å². The summed E-state index contributed by atoms with van der Waals surface area (Å²) in [6, 6.07) is 8.42. The third-order valence-corrected chi connectivity index (χ3v) is 12.2. The number of carbonyl (C=O) groups is 2. The molecule has 10 nitrogen and oxygen atoms in total. The molecule has 2 heterocycles. The Balaban J connectivity index is 1.53. The Labute approximate surface area is 286 Å². The van der Waals surface area contributed by atoms with E-state index in [4.69, 9.17) is 5.73 Å². The lowest BCUT2D eigenvalue weighted by Crippen LogP contribution is -2.54. The summed E-state index contributed by atoms with van der Waals surface area (Å²) in [6.45, 7) is 6.40. The smallest absolute Gasteiger partial charge is 0.243 e. The molecule has 1 saturated carbocycles. The number of piperazine rings is 1. The lowest BCUT2D eigenvalue weighted by molar-refractivity contribution is -0.131. The van der Waals surface area contributed by atoms with E-state index in [0.29, 0.717) is 50.1 Å². The summed E-state index contributed by atoms with van der Waals surface area (Å²) in [4.78, 5) is 34.7. The van der Waals surface area contributed by atoms with Crippen molar-refractivity contribution < 1.29 is 18.0 Å². The van der Waals surface area contributed by atoms with Gasteiger partial charge in [-0.2, -0.15) is 4.31 Å². The first kappa shape index (κ1) is 37.4. The van der Waals surface area contributed by atoms with Crippen molar-refractivity contribution >= 4 is 33.2 Å². The summed E-state index contributed by atoms with van der Waals surface area (Å²) in [5, 5.41) is 8.16. The number of amides is 2. The normalized spacial score (nSPS) is 19.6. The van der Waals surface area contributed by atoms with E-state index in [2.05, 4.69) is 34.4 Å². The van der Waals surface area contributed by atoms with Crippen molar-refractivity contribution in [1.82, 2.24) is 24.8 Å². The summed E-state index contributed by atoms with van der Waals surface area (Å²) >= 11 is 1.43. The first-order valence-corrected chi connectivity index (χ1v) is 20.0. The van der Waals surface area contributed by atoms with Gasteiger partial charge in [-0.1, -0.05) is 76.3 Å². The zero-order valence-electron chi connectivity index (χ0n) is 28.5. The van der Waals surface area contributed by atoms with Gasteiger partial charge in [0.15, 0.2) is 0 Å². The Bertz CT molecular complexity index is 1330. The second-order valence-electron chi connectivity index (χ2n) is 14.2. The summed E-state index contributed by atoms with van der Waals surface area (Å²) in [5.41, 5.74) is 9.86. The van der Waals surface area contributed by atoms with Crippen LogP contribution in [0.5, 0.6) is 0 Å². The van der Waals surface area contributed by atoms with Gasteiger partial charge in [0, 0.05) is 50.1 Å².